The van der Waals surface area contributed by atoms with E-state index < -0.39 is 10.0 Å². The molecule has 0 bridgehead atoms. The largest absolute Gasteiger partial charge is 0.378 e. The second-order valence-corrected chi connectivity index (χ2v) is 7.06. The van der Waals surface area contributed by atoms with Crippen molar-refractivity contribution in [1.82, 2.24) is 9.62 Å². The van der Waals surface area contributed by atoms with Gasteiger partial charge in [0.25, 0.3) is 0 Å². The number of hydrogen-bond donors (Lipinski definition) is 1. The molecule has 1 aromatic rings. The fourth-order valence-corrected chi connectivity index (χ4v) is 4.18. The molecule has 1 aliphatic heterocycles. The Morgan fingerprint density at radius 2 is 2.15 bits per heavy atom. The summed E-state index contributed by atoms with van der Waals surface area (Å²) in [7, 11) is -1.41. The maximum absolute atomic E-state index is 12.5. The minimum atomic E-state index is -3.28. The van der Waals surface area contributed by atoms with E-state index in [0.29, 0.717) is 19.8 Å². The van der Waals surface area contributed by atoms with Crippen LogP contribution < -0.4 is 5.32 Å². The summed E-state index contributed by atoms with van der Waals surface area (Å²) in [6.45, 7) is 4.01. The van der Waals surface area contributed by atoms with E-state index in [9.17, 15) is 8.42 Å². The molecule has 1 heterocycles. The van der Waals surface area contributed by atoms with Gasteiger partial charge in [-0.1, -0.05) is 24.3 Å². The summed E-state index contributed by atoms with van der Waals surface area (Å²) < 4.78 is 31.8. The van der Waals surface area contributed by atoms with E-state index in [2.05, 4.69) is 5.32 Å². The Labute approximate surface area is 121 Å². The number of ether oxygens (including phenoxy) is 1. The summed E-state index contributed by atoms with van der Waals surface area (Å²) in [6, 6.07) is 7.61. The maximum atomic E-state index is 12.5. The van der Waals surface area contributed by atoms with Crippen LogP contribution in [0.5, 0.6) is 0 Å². The third-order valence-electron chi connectivity index (χ3n) is 3.39. The molecule has 112 valence electrons. The Balaban J connectivity index is 2.13. The SMILES string of the molecule is CNCc1cccc(CS(=O)(=O)N2CCOCC2C)c1. The van der Waals surface area contributed by atoms with Gasteiger partial charge in [-0.2, -0.15) is 4.31 Å². The third kappa shape index (κ3) is 3.79. The van der Waals surface area contributed by atoms with Crippen molar-refractivity contribution in [3.05, 3.63) is 35.4 Å². The Morgan fingerprint density at radius 3 is 2.85 bits per heavy atom. The lowest BCUT2D eigenvalue weighted by atomic mass is 10.1. The molecule has 1 aliphatic rings. The Kier molecular flexibility index (Phi) is 5.15. The van der Waals surface area contributed by atoms with Gasteiger partial charge in [-0.3, -0.25) is 0 Å². The molecule has 0 spiro atoms. The van der Waals surface area contributed by atoms with Crippen LogP contribution in [0.25, 0.3) is 0 Å². The van der Waals surface area contributed by atoms with Crippen molar-refractivity contribution in [2.75, 3.05) is 26.8 Å². The van der Waals surface area contributed by atoms with Crippen LogP contribution in [0.2, 0.25) is 0 Å². The summed E-state index contributed by atoms with van der Waals surface area (Å²) >= 11 is 0. The molecule has 1 saturated heterocycles. The summed E-state index contributed by atoms with van der Waals surface area (Å²) in [5, 5.41) is 3.07. The quantitative estimate of drug-likeness (QED) is 0.879. The second-order valence-electron chi connectivity index (χ2n) is 5.14. The predicted octanol–water partition coefficient (Wildman–Crippen LogP) is 0.957. The van der Waals surface area contributed by atoms with Gasteiger partial charge in [-0.15, -0.1) is 0 Å². The zero-order chi connectivity index (χ0) is 14.6. The minimum absolute atomic E-state index is 0.0505. The Hall–Kier alpha value is -0.950. The number of rotatable bonds is 5. The first-order chi connectivity index (χ1) is 9.53. The van der Waals surface area contributed by atoms with Crippen LogP contribution in [0.3, 0.4) is 0 Å². The molecular weight excluding hydrogens is 276 g/mol. The van der Waals surface area contributed by atoms with Crippen LogP contribution in [0.1, 0.15) is 18.1 Å². The molecule has 6 heteroatoms. The standard InChI is InChI=1S/C14H22N2O3S/c1-12-10-19-7-6-16(12)20(17,18)11-14-5-3-4-13(8-14)9-15-2/h3-5,8,12,15H,6-7,9-11H2,1-2H3. The highest BCUT2D eigenvalue weighted by molar-refractivity contribution is 7.88. The monoisotopic (exact) mass is 298 g/mol. The first-order valence-corrected chi connectivity index (χ1v) is 8.43. The Bertz CT molecular complexity index is 545. The lowest BCUT2D eigenvalue weighted by molar-refractivity contribution is 0.0392. The van der Waals surface area contributed by atoms with E-state index in [1.807, 2.05) is 38.2 Å². The molecule has 0 aromatic heterocycles. The lowest BCUT2D eigenvalue weighted by Gasteiger charge is -2.32. The minimum Gasteiger partial charge on any atom is -0.378 e. The maximum Gasteiger partial charge on any atom is 0.218 e. The summed E-state index contributed by atoms with van der Waals surface area (Å²) in [5.74, 6) is 0.0505. The molecule has 5 nitrogen and oxygen atoms in total. The van der Waals surface area contributed by atoms with Crippen LogP contribution >= 0.6 is 0 Å². The van der Waals surface area contributed by atoms with Gasteiger partial charge in [-0.25, -0.2) is 8.42 Å². The number of morpholine rings is 1. The van der Waals surface area contributed by atoms with Crippen LogP contribution in [-0.2, 0) is 27.1 Å². The predicted molar refractivity (Wildman–Crippen MR) is 78.8 cm³/mol. The molecule has 0 aliphatic carbocycles. The second kappa shape index (κ2) is 6.67. The number of benzene rings is 1. The van der Waals surface area contributed by atoms with Gasteiger partial charge in [-0.05, 0) is 25.1 Å². The van der Waals surface area contributed by atoms with Crippen LogP contribution in [0, 0.1) is 0 Å². The van der Waals surface area contributed by atoms with Crippen LogP contribution in [0.15, 0.2) is 24.3 Å². The smallest absolute Gasteiger partial charge is 0.218 e. The van der Waals surface area contributed by atoms with Gasteiger partial charge in [0.05, 0.1) is 19.0 Å². The van der Waals surface area contributed by atoms with Crippen molar-refractivity contribution in [3.63, 3.8) is 0 Å². The van der Waals surface area contributed by atoms with Crippen molar-refractivity contribution < 1.29 is 13.2 Å². The van der Waals surface area contributed by atoms with Gasteiger partial charge in [0.2, 0.25) is 10.0 Å². The van der Waals surface area contributed by atoms with E-state index in [-0.39, 0.29) is 11.8 Å². The molecule has 1 atom stereocenters. The average Bonchev–Trinajstić information content (AvgIpc) is 2.39. The van der Waals surface area contributed by atoms with Gasteiger partial charge in [0, 0.05) is 19.1 Å². The van der Waals surface area contributed by atoms with Crippen molar-refractivity contribution >= 4 is 10.0 Å². The lowest BCUT2D eigenvalue weighted by Crippen LogP contribution is -2.47. The van der Waals surface area contributed by atoms with E-state index >= 15 is 0 Å². The molecule has 2 rings (SSSR count). The highest BCUT2D eigenvalue weighted by Crippen LogP contribution is 2.17. The van der Waals surface area contributed by atoms with Crippen molar-refractivity contribution in [2.24, 2.45) is 0 Å². The molecule has 0 saturated carbocycles. The van der Waals surface area contributed by atoms with Crippen molar-refractivity contribution in [1.29, 1.82) is 0 Å². The van der Waals surface area contributed by atoms with Crippen molar-refractivity contribution in [2.45, 2.75) is 25.3 Å². The highest BCUT2D eigenvalue weighted by Gasteiger charge is 2.30. The fraction of sp³-hybridized carbons (Fsp3) is 0.571. The summed E-state index contributed by atoms with van der Waals surface area (Å²) in [4.78, 5) is 0. The number of sulfonamides is 1. The number of hydrogen-bond acceptors (Lipinski definition) is 4. The van der Waals surface area contributed by atoms with Gasteiger partial charge in [0.15, 0.2) is 0 Å². The molecule has 1 N–H and O–H groups in total. The van der Waals surface area contributed by atoms with E-state index in [1.165, 1.54) is 0 Å². The van der Waals surface area contributed by atoms with Crippen LogP contribution in [-0.4, -0.2) is 45.6 Å². The van der Waals surface area contributed by atoms with Gasteiger partial charge in [0.1, 0.15) is 0 Å². The molecule has 0 radical (unpaired) electrons. The van der Waals surface area contributed by atoms with Gasteiger partial charge < -0.3 is 10.1 Å². The van der Waals surface area contributed by atoms with Crippen LogP contribution in [0.4, 0.5) is 0 Å². The zero-order valence-electron chi connectivity index (χ0n) is 12.0. The average molecular weight is 298 g/mol. The molecule has 1 aromatic carbocycles. The fourth-order valence-electron chi connectivity index (χ4n) is 2.45. The summed E-state index contributed by atoms with van der Waals surface area (Å²) in [6.07, 6.45) is 0. The summed E-state index contributed by atoms with van der Waals surface area (Å²) in [5.41, 5.74) is 1.92. The number of nitrogens with zero attached hydrogens (tertiary/aromatic N) is 1. The Morgan fingerprint density at radius 1 is 1.40 bits per heavy atom. The number of nitrogens with one attached hydrogen (secondary N) is 1. The molecule has 20 heavy (non-hydrogen) atoms. The van der Waals surface area contributed by atoms with E-state index in [0.717, 1.165) is 17.7 Å². The highest BCUT2D eigenvalue weighted by atomic mass is 32.2. The normalized spacial score (nSPS) is 21.0. The molecule has 1 fully saturated rings. The first-order valence-electron chi connectivity index (χ1n) is 6.82. The molecular formula is C14H22N2O3S. The molecule has 0 amide bonds. The van der Waals surface area contributed by atoms with Gasteiger partial charge >= 0.3 is 0 Å². The van der Waals surface area contributed by atoms with Crippen molar-refractivity contribution in [3.8, 4) is 0 Å². The van der Waals surface area contributed by atoms with E-state index in [4.69, 9.17) is 4.74 Å². The molecule has 1 unspecified atom stereocenters. The first kappa shape index (κ1) is 15.4. The topological polar surface area (TPSA) is 58.6 Å². The van der Waals surface area contributed by atoms with E-state index in [1.54, 1.807) is 4.31 Å². The zero-order valence-corrected chi connectivity index (χ0v) is 12.8. The third-order valence-corrected chi connectivity index (χ3v) is 5.34.